The Morgan fingerprint density at radius 1 is 1.31 bits per heavy atom. The number of nitro benzene ring substituents is 1. The molecule has 0 unspecified atom stereocenters. The van der Waals surface area contributed by atoms with Gasteiger partial charge in [-0.1, -0.05) is 0 Å². The molecule has 0 aromatic heterocycles. The summed E-state index contributed by atoms with van der Waals surface area (Å²) in [5, 5.41) is 10.4. The summed E-state index contributed by atoms with van der Waals surface area (Å²) in [6.07, 6.45) is 2.82. The molecule has 16 heavy (non-hydrogen) atoms. The molecule has 1 fully saturated rings. The average molecular weight is 223 g/mol. The largest absolute Gasteiger partial charge is 0.465 e. The Balaban J connectivity index is 1.96. The zero-order valence-corrected chi connectivity index (χ0v) is 8.80. The van der Waals surface area contributed by atoms with Gasteiger partial charge < -0.3 is 9.47 Å². The number of rotatable bonds is 3. The van der Waals surface area contributed by atoms with E-state index in [0.717, 1.165) is 25.9 Å². The normalized spacial score (nSPS) is 20.4. The number of nitrogens with zero attached hydrogens (tertiary/aromatic N) is 1. The molecule has 0 saturated carbocycles. The maximum atomic E-state index is 10.4. The molecule has 0 N–H and O–H groups in total. The van der Waals surface area contributed by atoms with Gasteiger partial charge in [0.05, 0.1) is 11.5 Å². The van der Waals surface area contributed by atoms with Gasteiger partial charge in [-0.3, -0.25) is 10.1 Å². The van der Waals surface area contributed by atoms with Crippen LogP contribution in [0, 0.1) is 10.1 Å². The topological polar surface area (TPSA) is 61.6 Å². The summed E-state index contributed by atoms with van der Waals surface area (Å²) in [5.41, 5.74) is 0.0666. The van der Waals surface area contributed by atoms with Crippen LogP contribution < -0.4 is 4.74 Å². The second kappa shape index (κ2) is 4.94. The van der Waals surface area contributed by atoms with Gasteiger partial charge in [-0.15, -0.1) is 0 Å². The molecule has 1 saturated heterocycles. The summed E-state index contributed by atoms with van der Waals surface area (Å²) in [6.45, 7) is 0.720. The number of ether oxygens (including phenoxy) is 2. The first-order valence-electron chi connectivity index (χ1n) is 5.28. The number of nitro groups is 1. The van der Waals surface area contributed by atoms with Crippen LogP contribution in [0.2, 0.25) is 0 Å². The number of non-ortho nitro benzene ring substituents is 1. The summed E-state index contributed by atoms with van der Waals surface area (Å²) in [7, 11) is 0. The highest BCUT2D eigenvalue weighted by atomic mass is 16.7. The van der Waals surface area contributed by atoms with E-state index < -0.39 is 4.92 Å². The molecule has 0 radical (unpaired) electrons. The van der Waals surface area contributed by atoms with E-state index in [-0.39, 0.29) is 12.0 Å². The number of benzene rings is 1. The lowest BCUT2D eigenvalue weighted by atomic mass is 10.2. The van der Waals surface area contributed by atoms with E-state index in [9.17, 15) is 10.1 Å². The lowest BCUT2D eigenvalue weighted by Gasteiger charge is -2.23. The summed E-state index contributed by atoms with van der Waals surface area (Å²) >= 11 is 0. The monoisotopic (exact) mass is 223 g/mol. The maximum Gasteiger partial charge on any atom is 0.269 e. The van der Waals surface area contributed by atoms with Gasteiger partial charge in [0.15, 0.2) is 6.29 Å². The molecule has 0 spiro atoms. The van der Waals surface area contributed by atoms with Gasteiger partial charge in [0.2, 0.25) is 0 Å². The molecular formula is C11H13NO4. The van der Waals surface area contributed by atoms with Crippen molar-refractivity contribution >= 4 is 5.69 Å². The van der Waals surface area contributed by atoms with Gasteiger partial charge in [0, 0.05) is 18.6 Å². The van der Waals surface area contributed by atoms with E-state index in [1.807, 2.05) is 0 Å². The Morgan fingerprint density at radius 2 is 2.06 bits per heavy atom. The van der Waals surface area contributed by atoms with Crippen molar-refractivity contribution in [3.05, 3.63) is 34.4 Å². The highest BCUT2D eigenvalue weighted by Gasteiger charge is 2.15. The number of hydrogen-bond acceptors (Lipinski definition) is 4. The predicted octanol–water partition coefficient (Wildman–Crippen LogP) is 2.50. The van der Waals surface area contributed by atoms with E-state index >= 15 is 0 Å². The summed E-state index contributed by atoms with van der Waals surface area (Å²) in [5.74, 6) is 0.609. The third kappa shape index (κ3) is 2.70. The second-order valence-electron chi connectivity index (χ2n) is 3.66. The summed E-state index contributed by atoms with van der Waals surface area (Å²) < 4.78 is 10.9. The van der Waals surface area contributed by atoms with Crippen LogP contribution in [-0.2, 0) is 4.74 Å². The van der Waals surface area contributed by atoms with Crippen molar-refractivity contribution in [3.63, 3.8) is 0 Å². The zero-order valence-electron chi connectivity index (χ0n) is 8.80. The minimum Gasteiger partial charge on any atom is -0.465 e. The molecule has 0 amide bonds. The second-order valence-corrected chi connectivity index (χ2v) is 3.66. The minimum atomic E-state index is -0.430. The molecule has 1 aromatic rings. The third-order valence-electron chi connectivity index (χ3n) is 2.45. The number of hydrogen-bond donors (Lipinski definition) is 0. The third-order valence-corrected chi connectivity index (χ3v) is 2.45. The highest BCUT2D eigenvalue weighted by molar-refractivity contribution is 5.35. The van der Waals surface area contributed by atoms with Crippen LogP contribution in [0.25, 0.3) is 0 Å². The van der Waals surface area contributed by atoms with Crippen LogP contribution in [0.3, 0.4) is 0 Å². The first-order valence-corrected chi connectivity index (χ1v) is 5.28. The standard InChI is InChI=1S/C11H13NO4/c13-12(14)9-4-6-10(7-5-9)16-11-3-1-2-8-15-11/h4-7,11H,1-3,8H2/t11-/m0/s1. The van der Waals surface area contributed by atoms with Crippen LogP contribution in [0.4, 0.5) is 5.69 Å². The van der Waals surface area contributed by atoms with E-state index in [4.69, 9.17) is 9.47 Å². The Bertz CT molecular complexity index is 357. The average Bonchev–Trinajstić information content (AvgIpc) is 2.31. The summed E-state index contributed by atoms with van der Waals surface area (Å²) in [4.78, 5) is 10.0. The summed E-state index contributed by atoms with van der Waals surface area (Å²) in [6, 6.07) is 6.04. The lowest BCUT2D eigenvalue weighted by Crippen LogP contribution is -2.24. The van der Waals surface area contributed by atoms with Crippen molar-refractivity contribution in [2.24, 2.45) is 0 Å². The molecule has 1 aliphatic rings. The van der Waals surface area contributed by atoms with E-state index in [1.165, 1.54) is 12.1 Å². The van der Waals surface area contributed by atoms with Crippen LogP contribution in [0.5, 0.6) is 5.75 Å². The molecule has 0 bridgehead atoms. The fraction of sp³-hybridized carbons (Fsp3) is 0.455. The first-order chi connectivity index (χ1) is 7.75. The molecule has 0 aliphatic carbocycles. The molecule has 5 heteroatoms. The van der Waals surface area contributed by atoms with Gasteiger partial charge in [0.25, 0.3) is 5.69 Å². The Labute approximate surface area is 93.1 Å². The molecular weight excluding hydrogens is 210 g/mol. The smallest absolute Gasteiger partial charge is 0.269 e. The Morgan fingerprint density at radius 3 is 2.62 bits per heavy atom. The first kappa shape index (κ1) is 10.9. The van der Waals surface area contributed by atoms with Gasteiger partial charge in [0.1, 0.15) is 5.75 Å². The van der Waals surface area contributed by atoms with Crippen molar-refractivity contribution in [3.8, 4) is 5.75 Å². The Kier molecular flexibility index (Phi) is 3.36. The van der Waals surface area contributed by atoms with Crippen molar-refractivity contribution in [1.82, 2.24) is 0 Å². The van der Waals surface area contributed by atoms with E-state index in [0.29, 0.717) is 5.75 Å². The van der Waals surface area contributed by atoms with Crippen LogP contribution in [0.15, 0.2) is 24.3 Å². The van der Waals surface area contributed by atoms with Crippen LogP contribution in [-0.4, -0.2) is 17.8 Å². The van der Waals surface area contributed by atoms with Crippen LogP contribution >= 0.6 is 0 Å². The fourth-order valence-electron chi connectivity index (χ4n) is 1.60. The predicted molar refractivity (Wildman–Crippen MR) is 57.3 cm³/mol. The van der Waals surface area contributed by atoms with Gasteiger partial charge >= 0.3 is 0 Å². The molecule has 1 aliphatic heterocycles. The van der Waals surface area contributed by atoms with E-state index in [1.54, 1.807) is 12.1 Å². The van der Waals surface area contributed by atoms with Crippen molar-refractivity contribution in [2.45, 2.75) is 25.6 Å². The molecule has 2 rings (SSSR count). The minimum absolute atomic E-state index is 0.0666. The molecule has 1 aromatic carbocycles. The molecule has 86 valence electrons. The van der Waals surface area contributed by atoms with Crippen LogP contribution in [0.1, 0.15) is 19.3 Å². The quantitative estimate of drug-likeness (QED) is 0.583. The van der Waals surface area contributed by atoms with Gasteiger partial charge in [-0.25, -0.2) is 0 Å². The molecule has 5 nitrogen and oxygen atoms in total. The Hall–Kier alpha value is -1.62. The van der Waals surface area contributed by atoms with Crippen molar-refractivity contribution < 1.29 is 14.4 Å². The zero-order chi connectivity index (χ0) is 11.4. The molecule has 1 heterocycles. The van der Waals surface area contributed by atoms with E-state index in [2.05, 4.69) is 0 Å². The van der Waals surface area contributed by atoms with Gasteiger partial charge in [-0.2, -0.15) is 0 Å². The lowest BCUT2D eigenvalue weighted by molar-refractivity contribution is -0.384. The molecule has 1 atom stereocenters. The van der Waals surface area contributed by atoms with Crippen molar-refractivity contribution in [1.29, 1.82) is 0 Å². The SMILES string of the molecule is O=[N+]([O-])c1ccc(O[C@H]2CCCCO2)cc1. The fourth-order valence-corrected chi connectivity index (χ4v) is 1.60. The highest BCUT2D eigenvalue weighted by Crippen LogP contribution is 2.21. The van der Waals surface area contributed by atoms with Gasteiger partial charge in [-0.05, 0) is 25.0 Å². The van der Waals surface area contributed by atoms with Crippen molar-refractivity contribution in [2.75, 3.05) is 6.61 Å². The maximum absolute atomic E-state index is 10.4.